The van der Waals surface area contributed by atoms with Crippen LogP contribution in [0.15, 0.2) is 0 Å². The third-order valence-corrected chi connectivity index (χ3v) is 7.06. The predicted octanol–water partition coefficient (Wildman–Crippen LogP) is 4.32. The molecule has 0 aromatic heterocycles. The summed E-state index contributed by atoms with van der Waals surface area (Å²) in [7, 11) is 0. The molecule has 0 spiro atoms. The summed E-state index contributed by atoms with van der Waals surface area (Å²) in [6.45, 7) is 2.22. The van der Waals surface area contributed by atoms with Crippen LogP contribution < -0.4 is 10.6 Å². The van der Waals surface area contributed by atoms with Gasteiger partial charge in [0.25, 0.3) is 0 Å². The van der Waals surface area contributed by atoms with Crippen LogP contribution in [0.4, 0.5) is 4.79 Å². The first kappa shape index (κ1) is 16.5. The maximum absolute atomic E-state index is 12.4. The molecule has 3 nitrogen and oxygen atoms in total. The zero-order valence-electron chi connectivity index (χ0n) is 14.0. The third-order valence-electron chi connectivity index (χ3n) is 5.74. The van der Waals surface area contributed by atoms with Crippen molar-refractivity contribution in [2.24, 2.45) is 11.8 Å². The van der Waals surface area contributed by atoms with Gasteiger partial charge in [-0.25, -0.2) is 4.79 Å². The number of hydrogen-bond acceptors (Lipinski definition) is 2. The molecule has 4 heteroatoms. The molecule has 0 radical (unpaired) electrons. The molecular formula is C18H32N2OS. The molecule has 3 saturated carbocycles. The zero-order chi connectivity index (χ0) is 15.4. The summed E-state index contributed by atoms with van der Waals surface area (Å²) in [6.07, 6.45) is 12.9. The molecule has 22 heavy (non-hydrogen) atoms. The first-order valence-electron chi connectivity index (χ1n) is 9.45. The monoisotopic (exact) mass is 324 g/mol. The van der Waals surface area contributed by atoms with Crippen molar-refractivity contribution in [1.82, 2.24) is 10.6 Å². The van der Waals surface area contributed by atoms with E-state index in [4.69, 9.17) is 0 Å². The third kappa shape index (κ3) is 4.56. The SMILES string of the molecule is CCSC1CCCCC1NC(=O)N[C@@H]1CCC[C@H](C2CC2)C1. The number of thioether (sulfide) groups is 1. The average molecular weight is 325 g/mol. The molecule has 2 N–H and O–H groups in total. The summed E-state index contributed by atoms with van der Waals surface area (Å²) in [4.78, 5) is 12.4. The molecule has 0 saturated heterocycles. The standard InChI is InChI=1S/C18H32N2OS/c1-2-22-17-9-4-3-8-16(17)20-18(21)19-15-7-5-6-14(12-15)13-10-11-13/h13-17H,2-12H2,1H3,(H2,19,20,21)/t14-,15+,16?,17?/m0/s1. The fourth-order valence-electron chi connectivity index (χ4n) is 4.43. The molecule has 0 aromatic carbocycles. The van der Waals surface area contributed by atoms with Crippen molar-refractivity contribution < 1.29 is 4.79 Å². The smallest absolute Gasteiger partial charge is 0.315 e. The van der Waals surface area contributed by atoms with Gasteiger partial charge in [0.2, 0.25) is 0 Å². The van der Waals surface area contributed by atoms with Crippen LogP contribution in [0.5, 0.6) is 0 Å². The van der Waals surface area contributed by atoms with E-state index in [1.165, 1.54) is 57.8 Å². The van der Waals surface area contributed by atoms with Crippen molar-refractivity contribution >= 4 is 17.8 Å². The molecule has 2 amide bonds. The van der Waals surface area contributed by atoms with E-state index < -0.39 is 0 Å². The van der Waals surface area contributed by atoms with Crippen molar-refractivity contribution in [1.29, 1.82) is 0 Å². The number of carbonyl (C=O) groups is 1. The Morgan fingerprint density at radius 3 is 2.55 bits per heavy atom. The Morgan fingerprint density at radius 2 is 1.77 bits per heavy atom. The van der Waals surface area contributed by atoms with Crippen LogP contribution in [0.2, 0.25) is 0 Å². The van der Waals surface area contributed by atoms with E-state index >= 15 is 0 Å². The van der Waals surface area contributed by atoms with Gasteiger partial charge in [-0.2, -0.15) is 11.8 Å². The number of nitrogens with one attached hydrogen (secondary N) is 2. The van der Waals surface area contributed by atoms with Crippen LogP contribution in [0.3, 0.4) is 0 Å². The Hall–Kier alpha value is -0.380. The van der Waals surface area contributed by atoms with E-state index in [-0.39, 0.29) is 6.03 Å². The molecule has 0 aliphatic heterocycles. The molecular weight excluding hydrogens is 292 g/mol. The van der Waals surface area contributed by atoms with E-state index in [1.807, 2.05) is 11.8 Å². The summed E-state index contributed by atoms with van der Waals surface area (Å²) in [5.41, 5.74) is 0. The first-order chi connectivity index (χ1) is 10.8. The second-order valence-electron chi connectivity index (χ2n) is 7.46. The molecule has 126 valence electrons. The minimum atomic E-state index is 0.0926. The van der Waals surface area contributed by atoms with Crippen LogP contribution in [0.1, 0.15) is 71.1 Å². The van der Waals surface area contributed by atoms with Crippen LogP contribution in [0, 0.1) is 11.8 Å². The molecule has 4 atom stereocenters. The van der Waals surface area contributed by atoms with Gasteiger partial charge in [0, 0.05) is 17.3 Å². The van der Waals surface area contributed by atoms with Crippen molar-refractivity contribution in [2.75, 3.05) is 5.75 Å². The van der Waals surface area contributed by atoms with Gasteiger partial charge in [0.15, 0.2) is 0 Å². The van der Waals surface area contributed by atoms with Gasteiger partial charge in [0.1, 0.15) is 0 Å². The van der Waals surface area contributed by atoms with Gasteiger partial charge in [0.05, 0.1) is 0 Å². The van der Waals surface area contributed by atoms with E-state index in [1.54, 1.807) is 0 Å². The van der Waals surface area contributed by atoms with Gasteiger partial charge in [-0.05, 0) is 56.1 Å². The summed E-state index contributed by atoms with van der Waals surface area (Å²) in [5.74, 6) is 3.02. The minimum absolute atomic E-state index is 0.0926. The molecule has 2 unspecified atom stereocenters. The molecule has 0 heterocycles. The lowest BCUT2D eigenvalue weighted by atomic mass is 9.83. The van der Waals surface area contributed by atoms with Gasteiger partial charge in [-0.1, -0.05) is 32.6 Å². The maximum atomic E-state index is 12.4. The Bertz CT molecular complexity index is 370. The highest BCUT2D eigenvalue weighted by Crippen LogP contribution is 2.43. The lowest BCUT2D eigenvalue weighted by Gasteiger charge is -2.33. The molecule has 3 aliphatic carbocycles. The zero-order valence-corrected chi connectivity index (χ0v) is 14.8. The van der Waals surface area contributed by atoms with Crippen molar-refractivity contribution in [3.8, 4) is 0 Å². The Balaban J connectivity index is 1.44. The van der Waals surface area contributed by atoms with Crippen molar-refractivity contribution in [3.05, 3.63) is 0 Å². The highest BCUT2D eigenvalue weighted by molar-refractivity contribution is 7.99. The quantitative estimate of drug-likeness (QED) is 0.791. The Morgan fingerprint density at radius 1 is 0.955 bits per heavy atom. The minimum Gasteiger partial charge on any atom is -0.335 e. The van der Waals surface area contributed by atoms with E-state index in [0.29, 0.717) is 17.3 Å². The second kappa shape index (κ2) is 7.94. The van der Waals surface area contributed by atoms with E-state index in [2.05, 4.69) is 17.6 Å². The van der Waals surface area contributed by atoms with Crippen LogP contribution >= 0.6 is 11.8 Å². The number of urea groups is 1. The average Bonchev–Trinajstić information content (AvgIpc) is 3.34. The highest BCUT2D eigenvalue weighted by atomic mass is 32.2. The van der Waals surface area contributed by atoms with Gasteiger partial charge >= 0.3 is 6.03 Å². The fourth-order valence-corrected chi connectivity index (χ4v) is 5.62. The summed E-state index contributed by atoms with van der Waals surface area (Å²) < 4.78 is 0. The number of rotatable bonds is 5. The topological polar surface area (TPSA) is 41.1 Å². The van der Waals surface area contributed by atoms with Crippen LogP contribution in [-0.2, 0) is 0 Å². The maximum Gasteiger partial charge on any atom is 0.315 e. The lowest BCUT2D eigenvalue weighted by Crippen LogP contribution is -2.51. The fraction of sp³-hybridized carbons (Fsp3) is 0.944. The normalized spacial score (nSPS) is 35.9. The lowest BCUT2D eigenvalue weighted by molar-refractivity contribution is 0.215. The molecule has 3 rings (SSSR count). The predicted molar refractivity (Wildman–Crippen MR) is 94.3 cm³/mol. The van der Waals surface area contributed by atoms with Crippen LogP contribution in [0.25, 0.3) is 0 Å². The van der Waals surface area contributed by atoms with Crippen LogP contribution in [-0.4, -0.2) is 29.1 Å². The number of amides is 2. The summed E-state index contributed by atoms with van der Waals surface area (Å²) >= 11 is 2.02. The van der Waals surface area contributed by atoms with Crippen molar-refractivity contribution in [2.45, 2.75) is 88.5 Å². The van der Waals surface area contributed by atoms with Gasteiger partial charge in [-0.15, -0.1) is 0 Å². The van der Waals surface area contributed by atoms with Gasteiger partial charge in [-0.3, -0.25) is 0 Å². The largest absolute Gasteiger partial charge is 0.335 e. The van der Waals surface area contributed by atoms with E-state index in [0.717, 1.165) is 24.0 Å². The molecule has 3 fully saturated rings. The van der Waals surface area contributed by atoms with Crippen molar-refractivity contribution in [3.63, 3.8) is 0 Å². The molecule has 0 aromatic rings. The van der Waals surface area contributed by atoms with Gasteiger partial charge < -0.3 is 10.6 Å². The number of carbonyl (C=O) groups excluding carboxylic acids is 1. The Kier molecular flexibility index (Phi) is 5.95. The molecule has 3 aliphatic rings. The summed E-state index contributed by atoms with van der Waals surface area (Å²) in [5, 5.41) is 7.19. The summed E-state index contributed by atoms with van der Waals surface area (Å²) in [6, 6.07) is 0.886. The number of hydrogen-bond donors (Lipinski definition) is 2. The van der Waals surface area contributed by atoms with E-state index in [9.17, 15) is 4.79 Å². The Labute approximate surface area is 139 Å². The second-order valence-corrected chi connectivity index (χ2v) is 8.98. The first-order valence-corrected chi connectivity index (χ1v) is 10.5. The highest BCUT2D eigenvalue weighted by Gasteiger charge is 2.35. The molecule has 0 bridgehead atoms.